The summed E-state index contributed by atoms with van der Waals surface area (Å²) in [5.74, 6) is -1.10. The quantitative estimate of drug-likeness (QED) is 0.599. The minimum absolute atomic E-state index is 0.186. The Morgan fingerprint density at radius 2 is 2.00 bits per heavy atom. The van der Waals surface area contributed by atoms with Crippen LogP contribution in [0.3, 0.4) is 0 Å². The minimum Gasteiger partial charge on any atom is -0.481 e. The van der Waals surface area contributed by atoms with Crippen molar-refractivity contribution in [2.24, 2.45) is 11.7 Å². The molecule has 13 heavy (non-hydrogen) atoms. The lowest BCUT2D eigenvalue weighted by Crippen LogP contribution is -2.34. The first-order valence-electron chi connectivity index (χ1n) is 5.11. The fourth-order valence-corrected chi connectivity index (χ4v) is 1.42. The predicted molar refractivity (Wildman–Crippen MR) is 53.5 cm³/mol. The van der Waals surface area contributed by atoms with Gasteiger partial charge in [0.25, 0.3) is 0 Å². The molecule has 3 N–H and O–H groups in total. The lowest BCUT2D eigenvalue weighted by molar-refractivity contribution is -0.142. The van der Waals surface area contributed by atoms with E-state index in [1.54, 1.807) is 0 Å². The molecule has 0 saturated heterocycles. The van der Waals surface area contributed by atoms with Crippen molar-refractivity contribution in [1.29, 1.82) is 0 Å². The lowest BCUT2D eigenvalue weighted by Gasteiger charge is -2.18. The molecule has 0 amide bonds. The van der Waals surface area contributed by atoms with Gasteiger partial charge in [-0.15, -0.1) is 0 Å². The molecule has 0 saturated carbocycles. The first-order valence-corrected chi connectivity index (χ1v) is 5.11. The Hall–Kier alpha value is -0.570. The third-order valence-corrected chi connectivity index (χ3v) is 2.42. The van der Waals surface area contributed by atoms with Gasteiger partial charge in [-0.2, -0.15) is 0 Å². The third kappa shape index (κ3) is 4.88. The average Bonchev–Trinajstić information content (AvgIpc) is 2.11. The first kappa shape index (κ1) is 12.4. The maximum absolute atomic E-state index is 10.8. The number of carboxylic acid groups (broad SMARTS) is 1. The second kappa shape index (κ2) is 6.89. The molecule has 0 bridgehead atoms. The molecule has 0 rings (SSSR count). The number of hydrogen-bond acceptors (Lipinski definition) is 2. The van der Waals surface area contributed by atoms with Crippen LogP contribution in [0.15, 0.2) is 0 Å². The molecule has 3 nitrogen and oxygen atoms in total. The van der Waals surface area contributed by atoms with Crippen LogP contribution in [0, 0.1) is 5.92 Å². The van der Waals surface area contributed by atoms with Gasteiger partial charge < -0.3 is 10.8 Å². The molecule has 0 unspecified atom stereocenters. The van der Waals surface area contributed by atoms with Gasteiger partial charge in [-0.05, 0) is 12.8 Å². The Morgan fingerprint density at radius 1 is 1.38 bits per heavy atom. The van der Waals surface area contributed by atoms with Crippen LogP contribution >= 0.6 is 0 Å². The van der Waals surface area contributed by atoms with Gasteiger partial charge >= 0.3 is 5.97 Å². The summed E-state index contributed by atoms with van der Waals surface area (Å²) in [6, 6.07) is -0.186. The monoisotopic (exact) mass is 187 g/mol. The summed E-state index contributed by atoms with van der Waals surface area (Å²) < 4.78 is 0. The first-order chi connectivity index (χ1) is 6.13. The molecule has 0 heterocycles. The molecule has 0 aliphatic heterocycles. The number of aliphatic carboxylic acids is 1. The summed E-state index contributed by atoms with van der Waals surface area (Å²) in [5, 5.41) is 8.89. The Labute approximate surface area is 80.3 Å². The maximum atomic E-state index is 10.8. The Bertz CT molecular complexity index is 148. The van der Waals surface area contributed by atoms with E-state index in [1.807, 2.05) is 6.92 Å². The molecule has 2 atom stereocenters. The van der Waals surface area contributed by atoms with E-state index in [4.69, 9.17) is 10.8 Å². The van der Waals surface area contributed by atoms with Gasteiger partial charge in [0.1, 0.15) is 0 Å². The maximum Gasteiger partial charge on any atom is 0.308 e. The summed E-state index contributed by atoms with van der Waals surface area (Å²) in [4.78, 5) is 10.8. The summed E-state index contributed by atoms with van der Waals surface area (Å²) in [7, 11) is 0. The summed E-state index contributed by atoms with van der Waals surface area (Å²) >= 11 is 0. The second-order valence-corrected chi connectivity index (χ2v) is 3.51. The highest BCUT2D eigenvalue weighted by Crippen LogP contribution is 2.15. The van der Waals surface area contributed by atoms with Crippen LogP contribution in [0.5, 0.6) is 0 Å². The van der Waals surface area contributed by atoms with E-state index in [1.165, 1.54) is 0 Å². The van der Waals surface area contributed by atoms with Gasteiger partial charge in [0.2, 0.25) is 0 Å². The second-order valence-electron chi connectivity index (χ2n) is 3.51. The zero-order valence-electron chi connectivity index (χ0n) is 8.62. The van der Waals surface area contributed by atoms with Gasteiger partial charge in [-0.1, -0.05) is 33.1 Å². The van der Waals surface area contributed by atoms with Gasteiger partial charge in [-0.3, -0.25) is 4.79 Å². The normalized spacial score (nSPS) is 15.3. The van der Waals surface area contributed by atoms with Crippen LogP contribution in [0.25, 0.3) is 0 Å². The molecule has 0 aromatic heterocycles. The van der Waals surface area contributed by atoms with E-state index in [-0.39, 0.29) is 12.0 Å². The van der Waals surface area contributed by atoms with Gasteiger partial charge in [0.15, 0.2) is 0 Å². The van der Waals surface area contributed by atoms with E-state index < -0.39 is 5.97 Å². The van der Waals surface area contributed by atoms with Crippen LogP contribution in [0.1, 0.15) is 46.0 Å². The smallest absolute Gasteiger partial charge is 0.308 e. The number of carboxylic acids is 1. The number of hydrogen-bond donors (Lipinski definition) is 2. The Kier molecular flexibility index (Phi) is 6.59. The van der Waals surface area contributed by atoms with Crippen LogP contribution in [0.4, 0.5) is 0 Å². The Morgan fingerprint density at radius 3 is 2.38 bits per heavy atom. The van der Waals surface area contributed by atoms with E-state index in [2.05, 4.69) is 6.92 Å². The van der Waals surface area contributed by atoms with Crippen LogP contribution in [-0.4, -0.2) is 17.1 Å². The fraction of sp³-hybridized carbons (Fsp3) is 0.900. The topological polar surface area (TPSA) is 63.3 Å². The summed E-state index contributed by atoms with van der Waals surface area (Å²) in [5.41, 5.74) is 5.72. The predicted octanol–water partition coefficient (Wildman–Crippen LogP) is 2.00. The Balaban J connectivity index is 3.88. The van der Waals surface area contributed by atoms with E-state index >= 15 is 0 Å². The molecule has 0 aromatic carbocycles. The van der Waals surface area contributed by atoms with Crippen molar-refractivity contribution >= 4 is 5.97 Å². The average molecular weight is 187 g/mol. The molecule has 3 heteroatoms. The van der Waals surface area contributed by atoms with Crippen LogP contribution in [-0.2, 0) is 4.79 Å². The van der Waals surface area contributed by atoms with Crippen molar-refractivity contribution in [2.45, 2.75) is 52.0 Å². The van der Waals surface area contributed by atoms with Crippen molar-refractivity contribution in [2.75, 3.05) is 0 Å². The zero-order chi connectivity index (χ0) is 10.3. The highest BCUT2D eigenvalue weighted by molar-refractivity contribution is 5.70. The molecule has 0 aromatic rings. The van der Waals surface area contributed by atoms with Crippen molar-refractivity contribution in [3.63, 3.8) is 0 Å². The van der Waals surface area contributed by atoms with E-state index in [0.717, 1.165) is 32.1 Å². The van der Waals surface area contributed by atoms with Gasteiger partial charge in [-0.25, -0.2) is 0 Å². The highest BCUT2D eigenvalue weighted by Gasteiger charge is 2.22. The molecule has 0 radical (unpaired) electrons. The number of unbranched alkanes of at least 4 members (excludes halogenated alkanes) is 2. The summed E-state index contributed by atoms with van der Waals surface area (Å²) in [6.45, 7) is 4.04. The lowest BCUT2D eigenvalue weighted by atomic mass is 9.92. The number of nitrogens with two attached hydrogens (primary N) is 1. The minimum atomic E-state index is -0.745. The zero-order valence-corrected chi connectivity index (χ0v) is 8.62. The largest absolute Gasteiger partial charge is 0.481 e. The third-order valence-electron chi connectivity index (χ3n) is 2.42. The van der Waals surface area contributed by atoms with Crippen molar-refractivity contribution in [3.05, 3.63) is 0 Å². The molecule has 78 valence electrons. The van der Waals surface area contributed by atoms with Crippen LogP contribution in [0.2, 0.25) is 0 Å². The van der Waals surface area contributed by atoms with Crippen molar-refractivity contribution < 1.29 is 9.90 Å². The van der Waals surface area contributed by atoms with E-state index in [9.17, 15) is 4.79 Å². The number of rotatable bonds is 7. The van der Waals surface area contributed by atoms with Gasteiger partial charge in [0.05, 0.1) is 5.92 Å². The standard InChI is InChI=1S/C10H21NO2/c1-3-5-6-7-8(10(12)13)9(11)4-2/h8-9H,3-7,11H2,1-2H3,(H,12,13)/t8-,9-/m1/s1. The molecule has 0 fully saturated rings. The molecule has 0 aliphatic rings. The molecule has 0 spiro atoms. The SMILES string of the molecule is CCCCC[C@@H](C(=O)O)[C@H](N)CC. The molecule has 0 aliphatic carbocycles. The fourth-order valence-electron chi connectivity index (χ4n) is 1.42. The molecular weight excluding hydrogens is 166 g/mol. The highest BCUT2D eigenvalue weighted by atomic mass is 16.4. The number of carbonyl (C=O) groups is 1. The van der Waals surface area contributed by atoms with E-state index in [0.29, 0.717) is 0 Å². The molecular formula is C10H21NO2. The van der Waals surface area contributed by atoms with Crippen molar-refractivity contribution in [1.82, 2.24) is 0 Å². The summed E-state index contributed by atoms with van der Waals surface area (Å²) in [6.07, 6.45) is 4.65. The van der Waals surface area contributed by atoms with Gasteiger partial charge in [0, 0.05) is 6.04 Å². The van der Waals surface area contributed by atoms with Crippen LogP contribution < -0.4 is 5.73 Å². The van der Waals surface area contributed by atoms with Crippen molar-refractivity contribution in [3.8, 4) is 0 Å².